The number of anilines is 2. The number of benzene rings is 1. The van der Waals surface area contributed by atoms with E-state index in [1.54, 1.807) is 6.20 Å². The number of hydrogen-bond acceptors (Lipinski definition) is 4. The van der Waals surface area contributed by atoms with Gasteiger partial charge in [0.05, 0.1) is 6.20 Å². The van der Waals surface area contributed by atoms with Gasteiger partial charge in [0.2, 0.25) is 0 Å². The molecule has 0 unspecified atom stereocenters. The van der Waals surface area contributed by atoms with E-state index in [-0.39, 0.29) is 5.82 Å². The molecule has 18 heavy (non-hydrogen) atoms. The van der Waals surface area contributed by atoms with Gasteiger partial charge in [-0.1, -0.05) is 6.07 Å². The predicted molar refractivity (Wildman–Crippen MR) is 67.0 cm³/mol. The average molecular weight is 244 g/mol. The van der Waals surface area contributed by atoms with Gasteiger partial charge in [-0.15, -0.1) is 5.10 Å². The van der Waals surface area contributed by atoms with Gasteiger partial charge in [-0.2, -0.15) is 5.10 Å². The standard InChI is InChI=1S/C13H13FN4/c14-11-2-1-9-4-6-18(12(9)7-11)13-10(8-15)3-5-16-17-13/h1-3,5,7H,4,6,8,15H2. The summed E-state index contributed by atoms with van der Waals surface area (Å²) in [5, 5.41) is 8.03. The number of hydrogen-bond donors (Lipinski definition) is 1. The first-order valence-electron chi connectivity index (χ1n) is 5.86. The van der Waals surface area contributed by atoms with E-state index in [4.69, 9.17) is 5.73 Å². The summed E-state index contributed by atoms with van der Waals surface area (Å²) in [6.07, 6.45) is 2.50. The molecule has 2 N–H and O–H groups in total. The van der Waals surface area contributed by atoms with Crippen LogP contribution in [0.1, 0.15) is 11.1 Å². The van der Waals surface area contributed by atoms with Crippen molar-refractivity contribution in [1.82, 2.24) is 10.2 Å². The van der Waals surface area contributed by atoms with Crippen molar-refractivity contribution < 1.29 is 4.39 Å². The Morgan fingerprint density at radius 1 is 1.33 bits per heavy atom. The van der Waals surface area contributed by atoms with Crippen LogP contribution in [-0.2, 0) is 13.0 Å². The molecule has 1 aliphatic rings. The van der Waals surface area contributed by atoms with Crippen LogP contribution in [0.3, 0.4) is 0 Å². The molecule has 1 aromatic carbocycles. The molecule has 1 aromatic heterocycles. The summed E-state index contributed by atoms with van der Waals surface area (Å²) in [4.78, 5) is 1.98. The lowest BCUT2D eigenvalue weighted by molar-refractivity contribution is 0.628. The number of aromatic nitrogens is 2. The lowest BCUT2D eigenvalue weighted by Crippen LogP contribution is -2.18. The van der Waals surface area contributed by atoms with Crippen molar-refractivity contribution in [2.24, 2.45) is 5.73 Å². The Morgan fingerprint density at radius 3 is 3.06 bits per heavy atom. The van der Waals surface area contributed by atoms with Crippen LogP contribution >= 0.6 is 0 Å². The second-order valence-electron chi connectivity index (χ2n) is 4.26. The fourth-order valence-corrected chi connectivity index (χ4v) is 2.31. The third-order valence-corrected chi connectivity index (χ3v) is 3.20. The number of rotatable bonds is 2. The van der Waals surface area contributed by atoms with Gasteiger partial charge in [-0.05, 0) is 30.2 Å². The van der Waals surface area contributed by atoms with Gasteiger partial charge in [0.25, 0.3) is 0 Å². The van der Waals surface area contributed by atoms with Crippen molar-refractivity contribution in [3.8, 4) is 0 Å². The summed E-state index contributed by atoms with van der Waals surface area (Å²) in [5.41, 5.74) is 8.61. The molecule has 2 heterocycles. The molecule has 0 amide bonds. The summed E-state index contributed by atoms with van der Waals surface area (Å²) in [6.45, 7) is 1.18. The third-order valence-electron chi connectivity index (χ3n) is 3.20. The highest BCUT2D eigenvalue weighted by Gasteiger charge is 2.23. The maximum atomic E-state index is 13.3. The minimum Gasteiger partial charge on any atom is -0.326 e. The van der Waals surface area contributed by atoms with E-state index in [0.717, 1.165) is 35.6 Å². The number of nitrogens with two attached hydrogens (primary N) is 1. The summed E-state index contributed by atoms with van der Waals surface area (Å²) in [5.74, 6) is 0.489. The van der Waals surface area contributed by atoms with Crippen LogP contribution in [-0.4, -0.2) is 16.7 Å². The summed E-state index contributed by atoms with van der Waals surface area (Å²) < 4.78 is 13.3. The van der Waals surface area contributed by atoms with Gasteiger partial charge in [0.1, 0.15) is 5.82 Å². The molecule has 0 bridgehead atoms. The van der Waals surface area contributed by atoms with Crippen LogP contribution in [0.25, 0.3) is 0 Å². The average Bonchev–Trinajstić information content (AvgIpc) is 2.81. The highest BCUT2D eigenvalue weighted by Crippen LogP contribution is 2.34. The Labute approximate surface area is 104 Å². The molecule has 0 radical (unpaired) electrons. The Balaban J connectivity index is 2.08. The molecular formula is C13H13FN4. The smallest absolute Gasteiger partial charge is 0.160 e. The molecule has 2 aromatic rings. The topological polar surface area (TPSA) is 55.0 Å². The van der Waals surface area contributed by atoms with Gasteiger partial charge < -0.3 is 10.6 Å². The molecule has 0 spiro atoms. The molecule has 5 heteroatoms. The van der Waals surface area contributed by atoms with E-state index >= 15 is 0 Å². The van der Waals surface area contributed by atoms with Crippen molar-refractivity contribution in [3.63, 3.8) is 0 Å². The van der Waals surface area contributed by atoms with Crippen molar-refractivity contribution >= 4 is 11.5 Å². The zero-order valence-corrected chi connectivity index (χ0v) is 9.81. The zero-order chi connectivity index (χ0) is 12.5. The molecule has 0 aliphatic carbocycles. The minimum absolute atomic E-state index is 0.237. The van der Waals surface area contributed by atoms with Gasteiger partial charge in [-0.25, -0.2) is 4.39 Å². The Morgan fingerprint density at radius 2 is 2.22 bits per heavy atom. The van der Waals surface area contributed by atoms with Crippen molar-refractivity contribution in [1.29, 1.82) is 0 Å². The maximum Gasteiger partial charge on any atom is 0.160 e. The van der Waals surface area contributed by atoms with Crippen LogP contribution in [0.5, 0.6) is 0 Å². The van der Waals surface area contributed by atoms with Gasteiger partial charge in [0, 0.05) is 24.3 Å². The van der Waals surface area contributed by atoms with E-state index in [1.807, 2.05) is 17.0 Å². The summed E-state index contributed by atoms with van der Waals surface area (Å²) in [7, 11) is 0. The van der Waals surface area contributed by atoms with Crippen LogP contribution < -0.4 is 10.6 Å². The maximum absolute atomic E-state index is 13.3. The zero-order valence-electron chi connectivity index (χ0n) is 9.81. The predicted octanol–water partition coefficient (Wildman–Crippen LogP) is 1.77. The van der Waals surface area contributed by atoms with Gasteiger partial charge in [-0.3, -0.25) is 0 Å². The number of halogens is 1. The number of fused-ring (bicyclic) bond motifs is 1. The van der Waals surface area contributed by atoms with E-state index in [9.17, 15) is 4.39 Å². The van der Waals surface area contributed by atoms with Crippen molar-refractivity contribution in [3.05, 3.63) is 47.4 Å². The largest absolute Gasteiger partial charge is 0.326 e. The molecule has 3 rings (SSSR count). The first kappa shape index (κ1) is 11.1. The highest BCUT2D eigenvalue weighted by molar-refractivity contribution is 5.69. The molecular weight excluding hydrogens is 231 g/mol. The van der Waals surface area contributed by atoms with Gasteiger partial charge >= 0.3 is 0 Å². The molecule has 0 fully saturated rings. The summed E-state index contributed by atoms with van der Waals surface area (Å²) in [6, 6.07) is 6.70. The molecule has 0 atom stereocenters. The molecule has 4 nitrogen and oxygen atoms in total. The highest BCUT2D eigenvalue weighted by atomic mass is 19.1. The van der Waals surface area contributed by atoms with E-state index in [2.05, 4.69) is 10.2 Å². The second kappa shape index (κ2) is 4.34. The van der Waals surface area contributed by atoms with E-state index < -0.39 is 0 Å². The fraction of sp³-hybridized carbons (Fsp3) is 0.231. The van der Waals surface area contributed by atoms with Crippen LogP contribution in [0.15, 0.2) is 30.5 Å². The second-order valence-corrected chi connectivity index (χ2v) is 4.26. The van der Waals surface area contributed by atoms with Crippen molar-refractivity contribution in [2.75, 3.05) is 11.4 Å². The minimum atomic E-state index is -0.237. The Bertz CT molecular complexity index is 585. The van der Waals surface area contributed by atoms with E-state index in [1.165, 1.54) is 12.1 Å². The summed E-state index contributed by atoms with van der Waals surface area (Å²) >= 11 is 0. The first-order valence-corrected chi connectivity index (χ1v) is 5.86. The molecule has 92 valence electrons. The van der Waals surface area contributed by atoms with E-state index in [0.29, 0.717) is 6.54 Å². The van der Waals surface area contributed by atoms with Crippen LogP contribution in [0, 0.1) is 5.82 Å². The first-order chi connectivity index (χ1) is 8.79. The Kier molecular flexibility index (Phi) is 2.68. The quantitative estimate of drug-likeness (QED) is 0.874. The van der Waals surface area contributed by atoms with Crippen LogP contribution in [0.2, 0.25) is 0 Å². The molecule has 0 saturated heterocycles. The third kappa shape index (κ3) is 1.73. The normalized spacial score (nSPS) is 13.8. The van der Waals surface area contributed by atoms with Crippen molar-refractivity contribution in [2.45, 2.75) is 13.0 Å². The lowest BCUT2D eigenvalue weighted by atomic mass is 10.1. The van der Waals surface area contributed by atoms with Gasteiger partial charge in [0.15, 0.2) is 5.82 Å². The Hall–Kier alpha value is -2.01. The fourth-order valence-electron chi connectivity index (χ4n) is 2.31. The SMILES string of the molecule is NCc1ccnnc1N1CCc2ccc(F)cc21. The van der Waals surface area contributed by atoms with Crippen LogP contribution in [0.4, 0.5) is 15.9 Å². The molecule has 1 aliphatic heterocycles. The monoisotopic (exact) mass is 244 g/mol. The lowest BCUT2D eigenvalue weighted by Gasteiger charge is -2.20. The number of nitrogens with zero attached hydrogens (tertiary/aromatic N) is 3. The molecule has 0 saturated carbocycles.